The number of hydrogen-bond acceptors (Lipinski definition) is 1. The molecule has 0 spiro atoms. The third-order valence-electron chi connectivity index (χ3n) is 2.47. The molecule has 0 aliphatic carbocycles. The zero-order valence-corrected chi connectivity index (χ0v) is 9.14. The first-order chi connectivity index (χ1) is 6.33. The van der Waals surface area contributed by atoms with Gasteiger partial charge in [0.15, 0.2) is 0 Å². The van der Waals surface area contributed by atoms with E-state index in [0.29, 0.717) is 0 Å². The number of rotatable bonds is 3. The van der Waals surface area contributed by atoms with Crippen LogP contribution in [-0.2, 0) is 10.2 Å². The maximum absolute atomic E-state index is 10.7. The Hall–Kier alpha value is -1.25. The molecule has 1 aromatic heterocycles. The quantitative estimate of drug-likeness (QED) is 0.778. The average molecular weight is 195 g/mol. The van der Waals surface area contributed by atoms with Crippen LogP contribution >= 0.6 is 0 Å². The highest BCUT2D eigenvalue weighted by atomic mass is 16.4. The van der Waals surface area contributed by atoms with Crippen molar-refractivity contribution in [1.29, 1.82) is 0 Å². The summed E-state index contributed by atoms with van der Waals surface area (Å²) < 4.78 is 0. The summed E-state index contributed by atoms with van der Waals surface area (Å²) in [7, 11) is 0. The molecule has 0 aromatic carbocycles. The van der Waals surface area contributed by atoms with Crippen molar-refractivity contribution in [2.45, 2.75) is 39.5 Å². The summed E-state index contributed by atoms with van der Waals surface area (Å²) in [6.45, 7) is 7.87. The van der Waals surface area contributed by atoms with Crippen LogP contribution in [0.3, 0.4) is 0 Å². The Morgan fingerprint density at radius 2 is 2.07 bits per heavy atom. The highest BCUT2D eigenvalue weighted by Gasteiger charge is 2.26. The number of aromatic nitrogens is 1. The number of aryl methyl sites for hydroxylation is 2. The first-order valence-electron chi connectivity index (χ1n) is 4.71. The summed E-state index contributed by atoms with van der Waals surface area (Å²) in [5, 5.41) is 8.80. The highest BCUT2D eigenvalue weighted by molar-refractivity contribution is 5.69. The summed E-state index contributed by atoms with van der Waals surface area (Å²) in [4.78, 5) is 13.9. The Kier molecular flexibility index (Phi) is 2.69. The minimum atomic E-state index is -0.756. The number of carbonyl (C=O) groups is 1. The molecule has 1 rings (SSSR count). The number of carboxylic acids is 1. The van der Waals surface area contributed by atoms with E-state index >= 15 is 0 Å². The van der Waals surface area contributed by atoms with Gasteiger partial charge in [0.2, 0.25) is 0 Å². The Labute approximate surface area is 84.2 Å². The molecule has 14 heavy (non-hydrogen) atoms. The van der Waals surface area contributed by atoms with Gasteiger partial charge in [-0.05, 0) is 25.5 Å². The number of aliphatic carboxylic acids is 1. The van der Waals surface area contributed by atoms with Gasteiger partial charge in [0.05, 0.1) is 6.42 Å². The summed E-state index contributed by atoms with van der Waals surface area (Å²) in [6, 6.07) is 2.03. The standard InChI is InChI=1S/C11H17NO2/c1-7-5-9(8(2)12-7)11(3,4)6-10(13)14/h5,12H,6H2,1-4H3,(H,13,14). The van der Waals surface area contributed by atoms with Gasteiger partial charge >= 0.3 is 5.97 Å². The van der Waals surface area contributed by atoms with E-state index in [1.165, 1.54) is 0 Å². The molecule has 0 fully saturated rings. The smallest absolute Gasteiger partial charge is 0.304 e. The summed E-state index contributed by atoms with van der Waals surface area (Å²) in [5.74, 6) is -0.756. The van der Waals surface area contributed by atoms with Crippen molar-refractivity contribution >= 4 is 5.97 Å². The van der Waals surface area contributed by atoms with Crippen LogP contribution in [0.5, 0.6) is 0 Å². The van der Waals surface area contributed by atoms with Gasteiger partial charge in [0.25, 0.3) is 0 Å². The topological polar surface area (TPSA) is 53.1 Å². The molecule has 2 N–H and O–H groups in total. The predicted octanol–water partition coefficient (Wildman–Crippen LogP) is 2.38. The summed E-state index contributed by atoms with van der Waals surface area (Å²) in [5.41, 5.74) is 2.93. The van der Waals surface area contributed by atoms with Crippen molar-refractivity contribution in [1.82, 2.24) is 4.98 Å². The van der Waals surface area contributed by atoms with Crippen molar-refractivity contribution in [3.05, 3.63) is 23.0 Å². The lowest BCUT2D eigenvalue weighted by Gasteiger charge is -2.22. The molecule has 0 saturated carbocycles. The lowest BCUT2D eigenvalue weighted by atomic mass is 9.81. The lowest BCUT2D eigenvalue weighted by Crippen LogP contribution is -2.21. The van der Waals surface area contributed by atoms with Crippen LogP contribution in [0.4, 0.5) is 0 Å². The third kappa shape index (κ3) is 2.16. The normalized spacial score (nSPS) is 11.7. The number of aromatic amines is 1. The fourth-order valence-corrected chi connectivity index (χ4v) is 1.90. The van der Waals surface area contributed by atoms with Crippen molar-refractivity contribution in [2.75, 3.05) is 0 Å². The van der Waals surface area contributed by atoms with E-state index in [0.717, 1.165) is 17.0 Å². The molecule has 0 saturated heterocycles. The zero-order valence-electron chi connectivity index (χ0n) is 9.14. The van der Waals surface area contributed by atoms with Crippen LogP contribution in [0.2, 0.25) is 0 Å². The predicted molar refractivity (Wildman–Crippen MR) is 55.5 cm³/mol. The molecule has 3 heteroatoms. The molecule has 0 atom stereocenters. The van der Waals surface area contributed by atoms with Crippen LogP contribution in [-0.4, -0.2) is 16.1 Å². The van der Waals surface area contributed by atoms with Crippen LogP contribution in [0, 0.1) is 13.8 Å². The van der Waals surface area contributed by atoms with Gasteiger partial charge in [-0.15, -0.1) is 0 Å². The number of hydrogen-bond donors (Lipinski definition) is 2. The zero-order chi connectivity index (χ0) is 10.9. The molecular weight excluding hydrogens is 178 g/mol. The highest BCUT2D eigenvalue weighted by Crippen LogP contribution is 2.30. The van der Waals surface area contributed by atoms with Crippen LogP contribution in [0.1, 0.15) is 37.2 Å². The second-order valence-electron chi connectivity index (χ2n) is 4.45. The van der Waals surface area contributed by atoms with Gasteiger partial charge in [-0.1, -0.05) is 13.8 Å². The summed E-state index contributed by atoms with van der Waals surface area (Å²) in [6.07, 6.45) is 0.158. The molecule has 3 nitrogen and oxygen atoms in total. The van der Waals surface area contributed by atoms with Gasteiger partial charge in [-0.2, -0.15) is 0 Å². The largest absolute Gasteiger partial charge is 0.481 e. The van der Waals surface area contributed by atoms with E-state index in [-0.39, 0.29) is 11.8 Å². The summed E-state index contributed by atoms with van der Waals surface area (Å²) >= 11 is 0. The molecular formula is C11H17NO2. The first kappa shape index (κ1) is 10.8. The maximum atomic E-state index is 10.7. The Morgan fingerprint density at radius 3 is 2.43 bits per heavy atom. The molecule has 1 heterocycles. The molecule has 0 unspecified atom stereocenters. The number of carboxylic acid groups (broad SMARTS) is 1. The van der Waals surface area contributed by atoms with Crippen LogP contribution < -0.4 is 0 Å². The minimum absolute atomic E-state index is 0.158. The monoisotopic (exact) mass is 195 g/mol. The second kappa shape index (κ2) is 3.48. The van der Waals surface area contributed by atoms with Crippen molar-refractivity contribution in [3.8, 4) is 0 Å². The SMILES string of the molecule is Cc1cc(C(C)(C)CC(=O)O)c(C)[nH]1. The van der Waals surface area contributed by atoms with Gasteiger partial charge in [-0.3, -0.25) is 4.79 Å². The van der Waals surface area contributed by atoms with E-state index in [4.69, 9.17) is 5.11 Å². The van der Waals surface area contributed by atoms with Crippen molar-refractivity contribution in [2.24, 2.45) is 0 Å². The van der Waals surface area contributed by atoms with Gasteiger partial charge in [0.1, 0.15) is 0 Å². The second-order valence-corrected chi connectivity index (χ2v) is 4.45. The van der Waals surface area contributed by atoms with Gasteiger partial charge < -0.3 is 10.1 Å². The van der Waals surface area contributed by atoms with Gasteiger partial charge in [0, 0.05) is 16.8 Å². The number of nitrogens with one attached hydrogen (secondary N) is 1. The van der Waals surface area contributed by atoms with Crippen LogP contribution in [0.25, 0.3) is 0 Å². The van der Waals surface area contributed by atoms with Crippen molar-refractivity contribution in [3.63, 3.8) is 0 Å². The average Bonchev–Trinajstić information content (AvgIpc) is 2.27. The van der Waals surface area contributed by atoms with E-state index in [1.807, 2.05) is 33.8 Å². The first-order valence-corrected chi connectivity index (χ1v) is 4.71. The molecule has 0 amide bonds. The lowest BCUT2D eigenvalue weighted by molar-refractivity contribution is -0.138. The molecule has 1 aromatic rings. The van der Waals surface area contributed by atoms with Gasteiger partial charge in [-0.25, -0.2) is 0 Å². The number of H-pyrrole nitrogens is 1. The van der Waals surface area contributed by atoms with Crippen molar-refractivity contribution < 1.29 is 9.90 Å². The third-order valence-corrected chi connectivity index (χ3v) is 2.47. The molecule has 78 valence electrons. The van der Waals surface area contributed by atoms with E-state index in [2.05, 4.69) is 4.98 Å². The fraction of sp³-hybridized carbons (Fsp3) is 0.545. The fourth-order valence-electron chi connectivity index (χ4n) is 1.90. The minimum Gasteiger partial charge on any atom is -0.481 e. The van der Waals surface area contributed by atoms with Crippen LogP contribution in [0.15, 0.2) is 6.07 Å². The molecule has 0 aliphatic rings. The molecule has 0 bridgehead atoms. The maximum Gasteiger partial charge on any atom is 0.304 e. The van der Waals surface area contributed by atoms with E-state index in [1.54, 1.807) is 0 Å². The Balaban J connectivity index is 3.02. The molecule has 0 radical (unpaired) electrons. The molecule has 0 aliphatic heterocycles. The Morgan fingerprint density at radius 1 is 1.50 bits per heavy atom. The van der Waals surface area contributed by atoms with E-state index in [9.17, 15) is 4.79 Å². The van der Waals surface area contributed by atoms with E-state index < -0.39 is 5.97 Å². The Bertz CT molecular complexity index is 350.